The molecule has 0 fully saturated rings. The zero-order chi connectivity index (χ0) is 10.5. The highest BCUT2D eigenvalue weighted by atomic mass is 16.5. The van der Waals surface area contributed by atoms with Crippen LogP contribution in [0.5, 0.6) is 0 Å². The molecule has 2 N–H and O–H groups in total. The molecule has 0 aromatic rings. The molecule has 0 aliphatic rings. The van der Waals surface area contributed by atoms with E-state index in [4.69, 9.17) is 9.84 Å². The minimum Gasteiger partial charge on any atom is -0.393 e. The smallest absolute Gasteiger partial charge is 0.0871 e. The molecule has 0 saturated heterocycles. The van der Waals surface area contributed by atoms with Crippen LogP contribution >= 0.6 is 0 Å². The molecule has 0 aliphatic carbocycles. The van der Waals surface area contributed by atoms with Crippen LogP contribution in [0.15, 0.2) is 0 Å². The molecule has 0 saturated carbocycles. The number of ether oxygens (including phenoxy) is 1. The van der Waals surface area contributed by atoms with E-state index in [-0.39, 0.29) is 12.0 Å². The largest absolute Gasteiger partial charge is 0.393 e. The average molecular weight is 190 g/mol. The Bertz CT molecular complexity index is 136. The molecule has 0 heterocycles. The van der Waals surface area contributed by atoms with Gasteiger partial charge in [-0.15, -0.1) is 0 Å². The van der Waals surface area contributed by atoms with Crippen LogP contribution in [-0.2, 0) is 4.74 Å². The second-order valence-electron chi connectivity index (χ2n) is 5.02. The first-order valence-electron chi connectivity index (χ1n) is 4.68. The van der Waals surface area contributed by atoms with Crippen LogP contribution in [-0.4, -0.2) is 35.6 Å². The van der Waals surface area contributed by atoms with Gasteiger partial charge in [0.1, 0.15) is 0 Å². The molecule has 0 aromatic carbocycles. The van der Waals surface area contributed by atoms with Crippen molar-refractivity contribution in [3.05, 3.63) is 0 Å². The maximum Gasteiger partial charge on any atom is 0.0871 e. The molecule has 0 aliphatic heterocycles. The Morgan fingerprint density at radius 3 is 2.08 bits per heavy atom. The lowest BCUT2D eigenvalue weighted by Crippen LogP contribution is -2.31. The second-order valence-corrected chi connectivity index (χ2v) is 5.02. The quantitative estimate of drug-likeness (QED) is 0.640. The van der Waals surface area contributed by atoms with Gasteiger partial charge in [-0.2, -0.15) is 0 Å². The van der Waals surface area contributed by atoms with E-state index in [0.29, 0.717) is 19.6 Å². The summed E-state index contributed by atoms with van der Waals surface area (Å²) < 4.78 is 5.36. The Morgan fingerprint density at radius 1 is 1.15 bits per heavy atom. The normalized spacial score (nSPS) is 17.1. The number of rotatable bonds is 5. The SMILES string of the molecule is CC(C)(C)COCCC(C)(O)CO. The lowest BCUT2D eigenvalue weighted by Gasteiger charge is -2.22. The van der Waals surface area contributed by atoms with E-state index in [1.165, 1.54) is 0 Å². The first-order valence-corrected chi connectivity index (χ1v) is 4.68. The fraction of sp³-hybridized carbons (Fsp3) is 1.00. The van der Waals surface area contributed by atoms with Gasteiger partial charge in [0.15, 0.2) is 0 Å². The van der Waals surface area contributed by atoms with Gasteiger partial charge in [-0.3, -0.25) is 0 Å². The summed E-state index contributed by atoms with van der Waals surface area (Å²) in [5.74, 6) is 0. The topological polar surface area (TPSA) is 49.7 Å². The van der Waals surface area contributed by atoms with Crippen molar-refractivity contribution in [1.82, 2.24) is 0 Å². The molecule has 3 nitrogen and oxygen atoms in total. The number of hydrogen-bond donors (Lipinski definition) is 2. The van der Waals surface area contributed by atoms with Crippen molar-refractivity contribution in [2.75, 3.05) is 19.8 Å². The van der Waals surface area contributed by atoms with Crippen molar-refractivity contribution in [1.29, 1.82) is 0 Å². The predicted octanol–water partition coefficient (Wildman–Crippen LogP) is 1.18. The molecule has 0 rings (SSSR count). The van der Waals surface area contributed by atoms with Gasteiger partial charge in [0.2, 0.25) is 0 Å². The van der Waals surface area contributed by atoms with Gasteiger partial charge in [0.05, 0.1) is 18.8 Å². The summed E-state index contributed by atoms with van der Waals surface area (Å²) in [6.07, 6.45) is 0.472. The first-order chi connectivity index (χ1) is 5.77. The van der Waals surface area contributed by atoms with Crippen LogP contribution in [0.4, 0.5) is 0 Å². The highest BCUT2D eigenvalue weighted by Gasteiger charge is 2.19. The van der Waals surface area contributed by atoms with E-state index in [0.717, 1.165) is 0 Å². The molecular weight excluding hydrogens is 168 g/mol. The molecule has 0 amide bonds. The number of hydrogen-bond acceptors (Lipinski definition) is 3. The summed E-state index contributed by atoms with van der Waals surface area (Å²) in [5, 5.41) is 18.2. The highest BCUT2D eigenvalue weighted by Crippen LogP contribution is 2.14. The van der Waals surface area contributed by atoms with Crippen molar-refractivity contribution in [3.8, 4) is 0 Å². The van der Waals surface area contributed by atoms with E-state index in [1.54, 1.807) is 6.92 Å². The summed E-state index contributed by atoms with van der Waals surface area (Å²) in [6, 6.07) is 0. The molecule has 1 unspecified atom stereocenters. The zero-order valence-electron chi connectivity index (χ0n) is 9.13. The molecule has 0 radical (unpaired) electrons. The van der Waals surface area contributed by atoms with Gasteiger partial charge >= 0.3 is 0 Å². The summed E-state index contributed by atoms with van der Waals surface area (Å²) >= 11 is 0. The third-order valence-corrected chi connectivity index (χ3v) is 1.66. The highest BCUT2D eigenvalue weighted by molar-refractivity contribution is 4.70. The second kappa shape index (κ2) is 4.94. The maximum absolute atomic E-state index is 9.42. The average Bonchev–Trinajstić information content (AvgIpc) is 1.97. The van der Waals surface area contributed by atoms with Crippen LogP contribution in [0.1, 0.15) is 34.1 Å². The summed E-state index contributed by atoms with van der Waals surface area (Å²) in [4.78, 5) is 0. The lowest BCUT2D eigenvalue weighted by atomic mass is 9.98. The Morgan fingerprint density at radius 2 is 1.69 bits per heavy atom. The first kappa shape index (κ1) is 12.9. The molecular formula is C10H22O3. The van der Waals surface area contributed by atoms with Crippen molar-refractivity contribution in [2.45, 2.75) is 39.7 Å². The van der Waals surface area contributed by atoms with Gasteiger partial charge < -0.3 is 14.9 Å². The molecule has 1 atom stereocenters. The fourth-order valence-corrected chi connectivity index (χ4v) is 0.749. The van der Waals surface area contributed by atoms with Gasteiger partial charge in [-0.25, -0.2) is 0 Å². The molecule has 0 bridgehead atoms. The molecule has 3 heteroatoms. The Hall–Kier alpha value is -0.120. The Kier molecular flexibility index (Phi) is 4.89. The predicted molar refractivity (Wildman–Crippen MR) is 52.6 cm³/mol. The lowest BCUT2D eigenvalue weighted by molar-refractivity contribution is -0.0339. The standard InChI is InChI=1S/C10H22O3/c1-9(2,3)8-13-6-5-10(4,12)7-11/h11-12H,5-8H2,1-4H3. The molecule has 0 spiro atoms. The van der Waals surface area contributed by atoms with Gasteiger partial charge in [-0.1, -0.05) is 20.8 Å². The summed E-state index contributed by atoms with van der Waals surface area (Å²) in [5.41, 5.74) is -0.844. The fourth-order valence-electron chi connectivity index (χ4n) is 0.749. The maximum atomic E-state index is 9.42. The van der Waals surface area contributed by atoms with Crippen molar-refractivity contribution in [3.63, 3.8) is 0 Å². The van der Waals surface area contributed by atoms with Crippen molar-refractivity contribution >= 4 is 0 Å². The Labute approximate surface area is 80.7 Å². The zero-order valence-corrected chi connectivity index (χ0v) is 9.13. The van der Waals surface area contributed by atoms with Crippen LogP contribution in [0, 0.1) is 5.41 Å². The molecule has 13 heavy (non-hydrogen) atoms. The van der Waals surface area contributed by atoms with Gasteiger partial charge in [0, 0.05) is 13.0 Å². The number of aliphatic hydroxyl groups is 2. The van der Waals surface area contributed by atoms with Crippen LogP contribution in [0.3, 0.4) is 0 Å². The Balaban J connectivity index is 3.47. The monoisotopic (exact) mass is 190 g/mol. The van der Waals surface area contributed by atoms with Crippen molar-refractivity contribution in [2.24, 2.45) is 5.41 Å². The molecule has 80 valence electrons. The van der Waals surface area contributed by atoms with Crippen LogP contribution in [0.2, 0.25) is 0 Å². The number of aliphatic hydroxyl groups excluding tert-OH is 1. The van der Waals surface area contributed by atoms with Crippen LogP contribution in [0.25, 0.3) is 0 Å². The van der Waals surface area contributed by atoms with Crippen LogP contribution < -0.4 is 0 Å². The van der Waals surface area contributed by atoms with Crippen molar-refractivity contribution < 1.29 is 14.9 Å². The van der Waals surface area contributed by atoms with E-state index >= 15 is 0 Å². The minimum absolute atomic E-state index is 0.158. The van der Waals surface area contributed by atoms with E-state index in [2.05, 4.69) is 20.8 Å². The van der Waals surface area contributed by atoms with E-state index in [1.807, 2.05) is 0 Å². The molecule has 0 aromatic heterocycles. The van der Waals surface area contributed by atoms with Gasteiger partial charge in [0.25, 0.3) is 0 Å². The van der Waals surface area contributed by atoms with E-state index < -0.39 is 5.60 Å². The third-order valence-electron chi connectivity index (χ3n) is 1.66. The third kappa shape index (κ3) is 8.22. The minimum atomic E-state index is -1.00. The van der Waals surface area contributed by atoms with E-state index in [9.17, 15) is 5.11 Å². The summed E-state index contributed by atoms with van der Waals surface area (Å²) in [7, 11) is 0. The van der Waals surface area contributed by atoms with Gasteiger partial charge in [-0.05, 0) is 12.3 Å². The summed E-state index contributed by atoms with van der Waals surface area (Å²) in [6.45, 7) is 8.84.